The van der Waals surface area contributed by atoms with E-state index < -0.39 is 6.09 Å². The van der Waals surface area contributed by atoms with Crippen molar-refractivity contribution in [1.82, 2.24) is 9.80 Å². The Morgan fingerprint density at radius 3 is 2.47 bits per heavy atom. The van der Waals surface area contributed by atoms with Gasteiger partial charge in [-0.2, -0.15) is 0 Å². The van der Waals surface area contributed by atoms with E-state index in [4.69, 9.17) is 4.74 Å². The summed E-state index contributed by atoms with van der Waals surface area (Å²) in [5.74, 6) is 0.621. The normalized spacial score (nSPS) is 11.1. The van der Waals surface area contributed by atoms with Crippen LogP contribution in [0.3, 0.4) is 0 Å². The number of carbonyl (C=O) groups excluding carboxylic acids is 1. The molecule has 1 aromatic carbocycles. The number of quaternary nitrogens is 1. The van der Waals surface area contributed by atoms with Crippen molar-refractivity contribution in [1.29, 1.82) is 0 Å². The van der Waals surface area contributed by atoms with Crippen molar-refractivity contribution in [2.75, 3.05) is 28.2 Å². The molecule has 0 saturated heterocycles. The molecule has 0 radical (unpaired) electrons. The van der Waals surface area contributed by atoms with Gasteiger partial charge in [-0.25, -0.2) is 4.79 Å². The fraction of sp³-hybridized carbons (Fsp3) is 0.462. The summed E-state index contributed by atoms with van der Waals surface area (Å²) in [7, 11) is 7.67. The summed E-state index contributed by atoms with van der Waals surface area (Å²) in [6, 6.07) is 6.00. The second-order valence-electron chi connectivity index (χ2n) is 4.81. The summed E-state index contributed by atoms with van der Waals surface area (Å²) in [6.07, 6.45) is 0.481. The van der Waals surface area contributed by atoms with E-state index in [1.807, 2.05) is 33.3 Å². The van der Waals surface area contributed by atoms with Crippen molar-refractivity contribution in [3.05, 3.63) is 23.8 Å². The van der Waals surface area contributed by atoms with Crippen molar-refractivity contribution in [3.63, 3.8) is 0 Å². The lowest BCUT2D eigenvalue weighted by atomic mass is 10.1. The smallest absolute Gasteiger partial charge is 0.404 e. The van der Waals surface area contributed by atoms with Gasteiger partial charge in [0, 0.05) is 13.1 Å². The van der Waals surface area contributed by atoms with E-state index >= 15 is 0 Å². The summed E-state index contributed by atoms with van der Waals surface area (Å²) < 4.78 is 5.91. The third-order valence-electron chi connectivity index (χ3n) is 2.56. The maximum atomic E-state index is 11.3. The molecule has 0 aliphatic heterocycles. The molecular weight excluding hydrogens is 216 g/mol. The highest BCUT2D eigenvalue weighted by atomic mass is 16.6. The second kappa shape index (κ2) is 5.19. The standard InChI is InChI=1S/C13H20N2O2/c1-6-10-7-8-11(15(3,4)5)12(9-10)17-13(16)14-2/h7-9H,6H2,1-5H3/p+1. The lowest BCUT2D eigenvalue weighted by molar-refractivity contribution is 0.202. The zero-order valence-corrected chi connectivity index (χ0v) is 11.2. The Hall–Kier alpha value is -1.55. The van der Waals surface area contributed by atoms with Gasteiger partial charge in [-0.3, -0.25) is 4.48 Å². The Kier molecular flexibility index (Phi) is 4.12. The fourth-order valence-electron chi connectivity index (χ4n) is 1.57. The highest BCUT2D eigenvalue weighted by Crippen LogP contribution is 2.31. The first-order valence-electron chi connectivity index (χ1n) is 5.73. The van der Waals surface area contributed by atoms with Crippen molar-refractivity contribution >= 4 is 11.8 Å². The molecule has 0 atom stereocenters. The zero-order valence-electron chi connectivity index (χ0n) is 11.2. The van der Waals surface area contributed by atoms with Crippen LogP contribution in [0, 0.1) is 0 Å². The van der Waals surface area contributed by atoms with Crippen LogP contribution in [-0.2, 0) is 6.42 Å². The number of hydrogen-bond donors (Lipinski definition) is 1. The third kappa shape index (κ3) is 3.46. The first kappa shape index (κ1) is 13.5. The molecule has 0 fully saturated rings. The van der Waals surface area contributed by atoms with Crippen LogP contribution in [0.4, 0.5) is 10.5 Å². The van der Waals surface area contributed by atoms with E-state index in [1.54, 1.807) is 7.05 Å². The van der Waals surface area contributed by atoms with Gasteiger partial charge in [0.15, 0.2) is 11.4 Å². The quantitative estimate of drug-likeness (QED) is 0.818. The third-order valence-corrected chi connectivity index (χ3v) is 2.56. The molecule has 1 N–H and O–H groups in total. The monoisotopic (exact) mass is 237 g/mol. The van der Waals surface area contributed by atoms with Crippen LogP contribution >= 0.6 is 0 Å². The van der Waals surface area contributed by atoms with Crippen LogP contribution in [0.2, 0.25) is 0 Å². The van der Waals surface area contributed by atoms with Gasteiger partial charge in [-0.05, 0) is 18.1 Å². The number of hydrogen-bond acceptors (Lipinski definition) is 2. The number of rotatable bonds is 3. The summed E-state index contributed by atoms with van der Waals surface area (Å²) in [5.41, 5.74) is 2.13. The van der Waals surface area contributed by atoms with Crippen LogP contribution in [-0.4, -0.2) is 34.3 Å². The molecule has 0 saturated carbocycles. The number of aryl methyl sites for hydroxylation is 1. The zero-order chi connectivity index (χ0) is 13.1. The maximum absolute atomic E-state index is 11.3. The highest BCUT2D eigenvalue weighted by Gasteiger charge is 2.20. The number of nitrogens with one attached hydrogen (secondary N) is 1. The minimum atomic E-state index is -0.437. The van der Waals surface area contributed by atoms with Crippen LogP contribution in [0.5, 0.6) is 5.75 Å². The van der Waals surface area contributed by atoms with E-state index in [0.29, 0.717) is 10.2 Å². The molecule has 0 aromatic heterocycles. The molecule has 1 aromatic rings. The van der Waals surface area contributed by atoms with Crippen LogP contribution < -0.4 is 14.5 Å². The molecule has 0 aliphatic carbocycles. The average molecular weight is 237 g/mol. The molecule has 0 heterocycles. The first-order valence-corrected chi connectivity index (χ1v) is 5.73. The van der Waals surface area contributed by atoms with E-state index in [1.165, 1.54) is 0 Å². The molecule has 0 bridgehead atoms. The summed E-state index contributed by atoms with van der Waals surface area (Å²) in [5, 5.41) is 2.46. The van der Waals surface area contributed by atoms with Crippen molar-refractivity contribution in [2.45, 2.75) is 13.3 Å². The number of carbonyl (C=O) groups is 1. The molecule has 0 aliphatic rings. The Morgan fingerprint density at radius 2 is 2.00 bits per heavy atom. The van der Waals surface area contributed by atoms with E-state index in [2.05, 4.69) is 18.3 Å². The maximum Gasteiger partial charge on any atom is 0.412 e. The average Bonchev–Trinajstić information content (AvgIpc) is 2.27. The Balaban J connectivity index is 3.16. The van der Waals surface area contributed by atoms with Gasteiger partial charge in [0.1, 0.15) is 0 Å². The molecule has 1 rings (SSSR count). The fourth-order valence-corrected chi connectivity index (χ4v) is 1.57. The predicted molar refractivity (Wildman–Crippen MR) is 70.5 cm³/mol. The minimum Gasteiger partial charge on any atom is -0.404 e. The number of ether oxygens (including phenoxy) is 1. The second-order valence-corrected chi connectivity index (χ2v) is 4.81. The summed E-state index contributed by atoms with van der Waals surface area (Å²) in [6.45, 7) is 2.07. The molecule has 17 heavy (non-hydrogen) atoms. The van der Waals surface area contributed by atoms with Gasteiger partial charge < -0.3 is 10.1 Å². The number of amides is 1. The number of benzene rings is 1. The predicted octanol–water partition coefficient (Wildman–Crippen LogP) is 2.16. The van der Waals surface area contributed by atoms with Crippen molar-refractivity contribution < 1.29 is 9.53 Å². The highest BCUT2D eigenvalue weighted by molar-refractivity contribution is 5.73. The first-order chi connectivity index (χ1) is 7.88. The van der Waals surface area contributed by atoms with Gasteiger partial charge in [0.05, 0.1) is 21.1 Å². The minimum absolute atomic E-state index is 0.437. The van der Waals surface area contributed by atoms with Gasteiger partial charge >= 0.3 is 6.09 Å². The molecule has 1 amide bonds. The Bertz CT molecular complexity index is 408. The van der Waals surface area contributed by atoms with E-state index in [-0.39, 0.29) is 0 Å². The Labute approximate surface area is 103 Å². The van der Waals surface area contributed by atoms with Crippen LogP contribution in [0.1, 0.15) is 12.5 Å². The van der Waals surface area contributed by atoms with Gasteiger partial charge in [0.2, 0.25) is 0 Å². The molecule has 94 valence electrons. The lowest BCUT2D eigenvalue weighted by Crippen LogP contribution is -2.36. The SMILES string of the molecule is CCc1ccc([N+](C)(C)C)c(OC(=O)NC)c1. The van der Waals surface area contributed by atoms with Crippen molar-refractivity contribution in [2.24, 2.45) is 0 Å². The molecule has 0 unspecified atom stereocenters. The summed E-state index contributed by atoms with van der Waals surface area (Å²) in [4.78, 5) is 11.3. The van der Waals surface area contributed by atoms with E-state index in [0.717, 1.165) is 17.7 Å². The number of nitrogens with zero attached hydrogens (tertiary/aromatic N) is 1. The van der Waals surface area contributed by atoms with Gasteiger partial charge in [-0.1, -0.05) is 13.0 Å². The molecular formula is C13H21N2O2+. The van der Waals surface area contributed by atoms with Gasteiger partial charge in [0.25, 0.3) is 0 Å². The Morgan fingerprint density at radius 1 is 1.35 bits per heavy atom. The largest absolute Gasteiger partial charge is 0.412 e. The van der Waals surface area contributed by atoms with E-state index in [9.17, 15) is 4.79 Å². The molecule has 0 spiro atoms. The van der Waals surface area contributed by atoms with Gasteiger partial charge in [-0.15, -0.1) is 0 Å². The van der Waals surface area contributed by atoms with Crippen LogP contribution in [0.25, 0.3) is 0 Å². The molecule has 4 heteroatoms. The topological polar surface area (TPSA) is 38.3 Å². The van der Waals surface area contributed by atoms with Crippen LogP contribution in [0.15, 0.2) is 18.2 Å². The molecule has 4 nitrogen and oxygen atoms in total. The van der Waals surface area contributed by atoms with Crippen molar-refractivity contribution in [3.8, 4) is 5.75 Å². The summed E-state index contributed by atoms with van der Waals surface area (Å²) >= 11 is 0. The lowest BCUT2D eigenvalue weighted by Gasteiger charge is -2.25.